The first kappa shape index (κ1) is 15.2. The molecule has 1 aliphatic rings. The van der Waals surface area contributed by atoms with Gasteiger partial charge in [0.2, 0.25) is 5.91 Å². The lowest BCUT2D eigenvalue weighted by Gasteiger charge is -2.31. The number of likely N-dealkylation sites (tertiary alicyclic amines) is 1. The van der Waals surface area contributed by atoms with Gasteiger partial charge in [-0.3, -0.25) is 4.79 Å². The number of carbonyl (C=O) groups excluding carboxylic acids is 2. The summed E-state index contributed by atoms with van der Waals surface area (Å²) in [6, 6.07) is 2.35. The Morgan fingerprint density at radius 1 is 1.24 bits per heavy atom. The summed E-state index contributed by atoms with van der Waals surface area (Å²) < 4.78 is 26.2. The molecule has 3 amide bonds. The van der Waals surface area contributed by atoms with Crippen LogP contribution in [0.1, 0.15) is 19.8 Å². The predicted molar refractivity (Wildman–Crippen MR) is 73.8 cm³/mol. The van der Waals surface area contributed by atoms with Crippen LogP contribution in [-0.2, 0) is 4.79 Å². The maximum atomic E-state index is 13.4. The van der Waals surface area contributed by atoms with Crippen LogP contribution in [0.25, 0.3) is 0 Å². The normalized spacial score (nSPS) is 15.7. The summed E-state index contributed by atoms with van der Waals surface area (Å²) in [5.74, 6) is -1.50. The van der Waals surface area contributed by atoms with Gasteiger partial charge in [0.1, 0.15) is 11.6 Å². The zero-order valence-corrected chi connectivity index (χ0v) is 11.7. The van der Waals surface area contributed by atoms with Gasteiger partial charge in [-0.2, -0.15) is 0 Å². The van der Waals surface area contributed by atoms with Gasteiger partial charge in [-0.25, -0.2) is 13.6 Å². The molecular formula is C14H17F2N3O2. The number of rotatable bonds is 2. The fourth-order valence-corrected chi connectivity index (χ4v) is 2.27. The van der Waals surface area contributed by atoms with Gasteiger partial charge in [0.15, 0.2) is 0 Å². The molecule has 1 saturated heterocycles. The van der Waals surface area contributed by atoms with Crippen LogP contribution in [0.5, 0.6) is 0 Å². The van der Waals surface area contributed by atoms with E-state index in [1.54, 1.807) is 4.90 Å². The molecule has 2 N–H and O–H groups in total. The van der Waals surface area contributed by atoms with Crippen molar-refractivity contribution >= 4 is 17.6 Å². The molecule has 0 unspecified atom stereocenters. The predicted octanol–water partition coefficient (Wildman–Crippen LogP) is 2.10. The summed E-state index contributed by atoms with van der Waals surface area (Å²) in [4.78, 5) is 24.7. The number of urea groups is 1. The van der Waals surface area contributed by atoms with Crippen LogP contribution in [-0.4, -0.2) is 36.0 Å². The second kappa shape index (κ2) is 6.51. The van der Waals surface area contributed by atoms with Crippen LogP contribution >= 0.6 is 0 Å². The Morgan fingerprint density at radius 2 is 1.90 bits per heavy atom. The first-order valence-corrected chi connectivity index (χ1v) is 6.74. The van der Waals surface area contributed by atoms with Gasteiger partial charge in [0.05, 0.1) is 5.69 Å². The number of halogens is 2. The van der Waals surface area contributed by atoms with Crippen LogP contribution in [0, 0.1) is 11.6 Å². The van der Waals surface area contributed by atoms with E-state index in [1.807, 2.05) is 0 Å². The molecule has 21 heavy (non-hydrogen) atoms. The average Bonchev–Trinajstić information content (AvgIpc) is 2.42. The largest absolute Gasteiger partial charge is 0.343 e. The first-order valence-electron chi connectivity index (χ1n) is 6.74. The number of hydrogen-bond acceptors (Lipinski definition) is 2. The highest BCUT2D eigenvalue weighted by Gasteiger charge is 2.22. The molecule has 0 atom stereocenters. The quantitative estimate of drug-likeness (QED) is 0.878. The van der Waals surface area contributed by atoms with E-state index in [4.69, 9.17) is 0 Å². The molecule has 0 spiro atoms. The molecule has 0 aromatic heterocycles. The average molecular weight is 297 g/mol. The number of nitrogens with one attached hydrogen (secondary N) is 2. The number of carbonyl (C=O) groups is 2. The molecule has 114 valence electrons. The number of benzene rings is 1. The molecule has 0 bridgehead atoms. The highest BCUT2D eigenvalue weighted by atomic mass is 19.1. The van der Waals surface area contributed by atoms with Crippen LogP contribution in [0.3, 0.4) is 0 Å². The van der Waals surface area contributed by atoms with E-state index in [0.29, 0.717) is 32.0 Å². The molecule has 5 nitrogen and oxygen atoms in total. The van der Waals surface area contributed by atoms with Crippen molar-refractivity contribution in [2.24, 2.45) is 0 Å². The second-order valence-electron chi connectivity index (χ2n) is 5.00. The Balaban J connectivity index is 1.84. The zero-order chi connectivity index (χ0) is 15.4. The highest BCUT2D eigenvalue weighted by Crippen LogP contribution is 2.15. The third-order valence-corrected chi connectivity index (χ3v) is 3.45. The Hall–Kier alpha value is -2.18. The van der Waals surface area contributed by atoms with Crippen molar-refractivity contribution in [1.29, 1.82) is 0 Å². The van der Waals surface area contributed by atoms with Crippen molar-refractivity contribution in [3.05, 3.63) is 29.8 Å². The Morgan fingerprint density at radius 3 is 2.48 bits per heavy atom. The zero-order valence-electron chi connectivity index (χ0n) is 11.7. The minimum atomic E-state index is -0.823. The minimum absolute atomic E-state index is 0.0197. The van der Waals surface area contributed by atoms with E-state index < -0.39 is 17.7 Å². The van der Waals surface area contributed by atoms with Crippen molar-refractivity contribution < 1.29 is 18.4 Å². The van der Waals surface area contributed by atoms with Crippen LogP contribution in [0.2, 0.25) is 0 Å². The lowest BCUT2D eigenvalue weighted by molar-refractivity contribution is -0.129. The SMILES string of the molecule is CC(=O)N1CCC(NC(=O)Nc2ccc(F)cc2F)CC1. The van der Waals surface area contributed by atoms with Gasteiger partial charge in [0.25, 0.3) is 0 Å². The fourth-order valence-electron chi connectivity index (χ4n) is 2.27. The van der Waals surface area contributed by atoms with E-state index in [0.717, 1.165) is 6.07 Å². The minimum Gasteiger partial charge on any atom is -0.343 e. The van der Waals surface area contributed by atoms with Crippen molar-refractivity contribution in [1.82, 2.24) is 10.2 Å². The van der Waals surface area contributed by atoms with Crippen LogP contribution < -0.4 is 10.6 Å². The molecule has 2 rings (SSSR count). The summed E-state index contributed by atoms with van der Waals surface area (Å²) in [6.45, 7) is 2.69. The molecule has 1 heterocycles. The third-order valence-electron chi connectivity index (χ3n) is 3.45. The van der Waals surface area contributed by atoms with Crippen molar-refractivity contribution in [3.63, 3.8) is 0 Å². The highest BCUT2D eigenvalue weighted by molar-refractivity contribution is 5.89. The number of piperidine rings is 1. The summed E-state index contributed by atoms with van der Waals surface area (Å²) >= 11 is 0. The van der Waals surface area contributed by atoms with E-state index >= 15 is 0 Å². The molecule has 0 aliphatic carbocycles. The first-order chi connectivity index (χ1) is 9.95. The van der Waals surface area contributed by atoms with E-state index in [2.05, 4.69) is 10.6 Å². The Bertz CT molecular complexity index is 543. The van der Waals surface area contributed by atoms with Crippen LogP contribution in [0.15, 0.2) is 18.2 Å². The number of hydrogen-bond donors (Lipinski definition) is 2. The number of nitrogens with zero attached hydrogens (tertiary/aromatic N) is 1. The van der Waals surface area contributed by atoms with Crippen LogP contribution in [0.4, 0.5) is 19.3 Å². The second-order valence-corrected chi connectivity index (χ2v) is 5.00. The van der Waals surface area contributed by atoms with Gasteiger partial charge in [-0.1, -0.05) is 0 Å². The Kier molecular flexibility index (Phi) is 4.72. The van der Waals surface area contributed by atoms with Crippen molar-refractivity contribution in [2.45, 2.75) is 25.8 Å². The molecule has 0 saturated carbocycles. The van der Waals surface area contributed by atoms with Crippen molar-refractivity contribution in [2.75, 3.05) is 18.4 Å². The van der Waals surface area contributed by atoms with Crippen molar-refractivity contribution in [3.8, 4) is 0 Å². The standard InChI is InChI=1S/C14H17F2N3O2/c1-9(20)19-6-4-11(5-7-19)17-14(21)18-13-3-2-10(15)8-12(13)16/h2-3,8,11H,4-7H2,1H3,(H2,17,18,21). The lowest BCUT2D eigenvalue weighted by atomic mass is 10.1. The number of anilines is 1. The monoisotopic (exact) mass is 297 g/mol. The molecule has 1 fully saturated rings. The third kappa shape index (κ3) is 4.14. The summed E-state index contributed by atoms with van der Waals surface area (Å²) in [7, 11) is 0. The van der Waals surface area contributed by atoms with E-state index in [9.17, 15) is 18.4 Å². The smallest absolute Gasteiger partial charge is 0.319 e. The summed E-state index contributed by atoms with van der Waals surface area (Å²) in [5, 5.41) is 5.07. The molecule has 1 aliphatic heterocycles. The van der Waals surface area contributed by atoms with E-state index in [-0.39, 0.29) is 17.6 Å². The molecular weight excluding hydrogens is 280 g/mol. The maximum absolute atomic E-state index is 13.4. The van der Waals surface area contributed by atoms with Gasteiger partial charge < -0.3 is 15.5 Å². The molecule has 0 radical (unpaired) electrons. The fraction of sp³-hybridized carbons (Fsp3) is 0.429. The molecule has 1 aromatic carbocycles. The lowest BCUT2D eigenvalue weighted by Crippen LogP contribution is -2.47. The molecule has 7 heteroatoms. The van der Waals surface area contributed by atoms with Gasteiger partial charge in [0, 0.05) is 32.1 Å². The maximum Gasteiger partial charge on any atom is 0.319 e. The Labute approximate surface area is 121 Å². The van der Waals surface area contributed by atoms with Gasteiger partial charge >= 0.3 is 6.03 Å². The van der Waals surface area contributed by atoms with Gasteiger partial charge in [-0.05, 0) is 25.0 Å². The number of amides is 3. The summed E-state index contributed by atoms with van der Waals surface area (Å²) in [6.07, 6.45) is 1.30. The van der Waals surface area contributed by atoms with Gasteiger partial charge in [-0.15, -0.1) is 0 Å². The van der Waals surface area contributed by atoms with E-state index in [1.165, 1.54) is 13.0 Å². The topological polar surface area (TPSA) is 61.4 Å². The molecule has 1 aromatic rings. The summed E-state index contributed by atoms with van der Waals surface area (Å²) in [5.41, 5.74) is -0.0740.